The van der Waals surface area contributed by atoms with Gasteiger partial charge < -0.3 is 15.1 Å². The van der Waals surface area contributed by atoms with Gasteiger partial charge in [0, 0.05) is 5.92 Å². The van der Waals surface area contributed by atoms with Gasteiger partial charge in [-0.3, -0.25) is 0 Å². The largest absolute Gasteiger partial charge is 0.392 e. The average Bonchev–Trinajstić information content (AvgIpc) is 3.46. The molecule has 0 radical (unpaired) electrons. The first kappa shape index (κ1) is 20.6. The number of hydrogen-bond donors (Lipinski definition) is 2. The molecule has 158 valence electrons. The fourth-order valence-electron chi connectivity index (χ4n) is 6.36. The lowest BCUT2D eigenvalue weighted by molar-refractivity contribution is 0.135. The molecule has 0 bridgehead atoms. The van der Waals surface area contributed by atoms with Crippen LogP contribution in [0.2, 0.25) is 0 Å². The van der Waals surface area contributed by atoms with Gasteiger partial charge in [-0.05, 0) is 95.2 Å². The maximum atomic E-state index is 10.5. The van der Waals surface area contributed by atoms with Gasteiger partial charge in [-0.15, -0.1) is 0 Å². The molecule has 4 aliphatic rings. The zero-order chi connectivity index (χ0) is 19.3. The highest BCUT2D eigenvalue weighted by Gasteiger charge is 2.43. The van der Waals surface area contributed by atoms with Crippen molar-refractivity contribution in [1.82, 2.24) is 4.90 Å². The van der Waals surface area contributed by atoms with E-state index in [1.54, 1.807) is 5.57 Å². The zero-order valence-electron chi connectivity index (χ0n) is 17.6. The van der Waals surface area contributed by atoms with E-state index >= 15 is 0 Å². The van der Waals surface area contributed by atoms with Crippen molar-refractivity contribution in [2.45, 2.75) is 89.3 Å². The number of unbranched alkanes of at least 4 members (excludes halogenated alkanes) is 2. The molecular weight excluding hydrogens is 346 g/mol. The molecule has 4 rings (SSSR count). The van der Waals surface area contributed by atoms with Gasteiger partial charge in [0.1, 0.15) is 0 Å². The van der Waals surface area contributed by atoms with Crippen molar-refractivity contribution in [3.05, 3.63) is 23.8 Å². The summed E-state index contributed by atoms with van der Waals surface area (Å²) in [7, 11) is 0. The fraction of sp³-hybridized carbons (Fsp3) is 0.840. The number of likely N-dealkylation sites (tertiary alicyclic amines) is 1. The van der Waals surface area contributed by atoms with Crippen LogP contribution < -0.4 is 0 Å². The van der Waals surface area contributed by atoms with Crippen molar-refractivity contribution < 1.29 is 10.2 Å². The highest BCUT2D eigenvalue weighted by molar-refractivity contribution is 5.21. The van der Waals surface area contributed by atoms with Crippen LogP contribution in [0.4, 0.5) is 0 Å². The summed E-state index contributed by atoms with van der Waals surface area (Å²) in [4.78, 5) is 2.62. The second-order valence-electron chi connectivity index (χ2n) is 10.0. The van der Waals surface area contributed by atoms with Gasteiger partial charge in [-0.2, -0.15) is 0 Å². The number of hydrogen-bond acceptors (Lipinski definition) is 3. The van der Waals surface area contributed by atoms with Crippen molar-refractivity contribution in [2.24, 2.45) is 23.7 Å². The van der Waals surface area contributed by atoms with Gasteiger partial charge in [0.05, 0.1) is 12.2 Å². The predicted octanol–water partition coefficient (Wildman–Crippen LogP) is 4.69. The molecule has 3 fully saturated rings. The summed E-state index contributed by atoms with van der Waals surface area (Å²) >= 11 is 0. The zero-order valence-corrected chi connectivity index (χ0v) is 17.6. The van der Waals surface area contributed by atoms with E-state index in [-0.39, 0.29) is 18.1 Å². The summed E-state index contributed by atoms with van der Waals surface area (Å²) in [5, 5.41) is 21.0. The summed E-state index contributed by atoms with van der Waals surface area (Å²) in [5.41, 5.74) is 1.64. The molecule has 0 spiro atoms. The van der Waals surface area contributed by atoms with Crippen LogP contribution in [0.1, 0.15) is 77.0 Å². The SMILES string of the molecule is O[C@H](/C=C/[C@@H]1[C@H]2CC(CCCCCN3CCCC3)=C[C@H]2C[C@H]1O)C1CCCC1. The molecule has 1 saturated heterocycles. The number of aliphatic hydroxyl groups is 2. The van der Waals surface area contributed by atoms with Gasteiger partial charge >= 0.3 is 0 Å². The first-order valence-corrected chi connectivity index (χ1v) is 12.2. The third-order valence-corrected chi connectivity index (χ3v) is 8.03. The minimum absolute atomic E-state index is 0.222. The van der Waals surface area contributed by atoms with Gasteiger partial charge in [0.2, 0.25) is 0 Å². The number of aliphatic hydroxyl groups excluding tert-OH is 2. The van der Waals surface area contributed by atoms with Crippen molar-refractivity contribution >= 4 is 0 Å². The summed E-state index contributed by atoms with van der Waals surface area (Å²) in [5.74, 6) is 1.82. The maximum Gasteiger partial charge on any atom is 0.0749 e. The Bertz CT molecular complexity index is 545. The second-order valence-corrected chi connectivity index (χ2v) is 10.0. The van der Waals surface area contributed by atoms with Gasteiger partial charge in [0.15, 0.2) is 0 Å². The molecule has 3 aliphatic carbocycles. The van der Waals surface area contributed by atoms with Crippen LogP contribution in [0.15, 0.2) is 23.8 Å². The smallest absolute Gasteiger partial charge is 0.0749 e. The Morgan fingerprint density at radius 3 is 2.64 bits per heavy atom. The van der Waals surface area contributed by atoms with Gasteiger partial charge in [0.25, 0.3) is 0 Å². The Hall–Kier alpha value is -0.640. The van der Waals surface area contributed by atoms with Crippen LogP contribution in [0.25, 0.3) is 0 Å². The molecule has 2 saturated carbocycles. The Morgan fingerprint density at radius 1 is 1.07 bits per heavy atom. The van der Waals surface area contributed by atoms with Crippen LogP contribution in [-0.2, 0) is 0 Å². The summed E-state index contributed by atoms with van der Waals surface area (Å²) < 4.78 is 0. The molecule has 1 aliphatic heterocycles. The normalized spacial score (nSPS) is 35.1. The first-order chi connectivity index (χ1) is 13.7. The average molecular weight is 388 g/mol. The van der Waals surface area contributed by atoms with E-state index in [1.807, 2.05) is 6.08 Å². The Balaban J connectivity index is 1.19. The molecule has 0 amide bonds. The molecular formula is C25H41NO2. The molecule has 3 nitrogen and oxygen atoms in total. The molecule has 5 atom stereocenters. The van der Waals surface area contributed by atoms with Crippen LogP contribution in [-0.4, -0.2) is 47.0 Å². The molecule has 0 aromatic heterocycles. The van der Waals surface area contributed by atoms with E-state index < -0.39 is 0 Å². The minimum atomic E-state index is -0.307. The first-order valence-electron chi connectivity index (χ1n) is 12.2. The standard InChI is InChI=1S/C25H41NO2/c27-24(20-9-3-4-10-20)12-11-22-23-17-19(16-21(23)18-25(22)28)8-2-1-5-13-26-14-6-7-15-26/h11-12,16,20-25,27-28H,1-10,13-15,17-18H2/b12-11+/t21-,22+,23-,24+,25+/m0/s1. The molecule has 2 N–H and O–H groups in total. The Kier molecular flexibility index (Phi) is 7.30. The molecule has 0 unspecified atom stereocenters. The van der Waals surface area contributed by atoms with Crippen molar-refractivity contribution in [1.29, 1.82) is 0 Å². The second kappa shape index (κ2) is 9.91. The lowest BCUT2D eigenvalue weighted by atomic mass is 9.88. The predicted molar refractivity (Wildman–Crippen MR) is 115 cm³/mol. The van der Waals surface area contributed by atoms with Crippen LogP contribution >= 0.6 is 0 Å². The van der Waals surface area contributed by atoms with Crippen molar-refractivity contribution in [3.63, 3.8) is 0 Å². The van der Waals surface area contributed by atoms with Crippen molar-refractivity contribution in [3.8, 4) is 0 Å². The molecule has 28 heavy (non-hydrogen) atoms. The Labute approximate surface area is 171 Å². The highest BCUT2D eigenvalue weighted by atomic mass is 16.3. The number of fused-ring (bicyclic) bond motifs is 1. The fourth-order valence-corrected chi connectivity index (χ4v) is 6.36. The summed E-state index contributed by atoms with van der Waals surface area (Å²) in [6.07, 6.45) is 21.2. The van der Waals surface area contributed by atoms with E-state index in [1.165, 1.54) is 77.4 Å². The lowest BCUT2D eigenvalue weighted by Gasteiger charge is -2.20. The van der Waals surface area contributed by atoms with Crippen molar-refractivity contribution in [2.75, 3.05) is 19.6 Å². The molecule has 0 aromatic carbocycles. The van der Waals surface area contributed by atoms with Crippen LogP contribution in [0, 0.1) is 23.7 Å². The topological polar surface area (TPSA) is 43.7 Å². The third-order valence-electron chi connectivity index (χ3n) is 8.03. The minimum Gasteiger partial charge on any atom is -0.392 e. The van der Waals surface area contributed by atoms with E-state index in [4.69, 9.17) is 0 Å². The van der Waals surface area contributed by atoms with Crippen LogP contribution in [0.3, 0.4) is 0 Å². The number of nitrogens with zero attached hydrogens (tertiary/aromatic N) is 1. The van der Waals surface area contributed by atoms with Crippen LogP contribution in [0.5, 0.6) is 0 Å². The Morgan fingerprint density at radius 2 is 1.86 bits per heavy atom. The maximum absolute atomic E-state index is 10.5. The molecule has 1 heterocycles. The molecule has 3 heteroatoms. The molecule has 0 aromatic rings. The summed E-state index contributed by atoms with van der Waals surface area (Å²) in [6.45, 7) is 3.94. The van der Waals surface area contributed by atoms with E-state index in [0.29, 0.717) is 17.8 Å². The van der Waals surface area contributed by atoms with Gasteiger partial charge in [-0.25, -0.2) is 0 Å². The third kappa shape index (κ3) is 5.09. The summed E-state index contributed by atoms with van der Waals surface area (Å²) in [6, 6.07) is 0. The monoisotopic (exact) mass is 387 g/mol. The number of rotatable bonds is 9. The number of allylic oxidation sites excluding steroid dienone is 2. The highest BCUT2D eigenvalue weighted by Crippen LogP contribution is 2.48. The van der Waals surface area contributed by atoms with E-state index in [9.17, 15) is 10.2 Å². The van der Waals surface area contributed by atoms with E-state index in [2.05, 4.69) is 17.1 Å². The lowest BCUT2D eigenvalue weighted by Crippen LogP contribution is -2.20. The van der Waals surface area contributed by atoms with E-state index in [0.717, 1.165) is 19.3 Å². The quantitative estimate of drug-likeness (QED) is 0.445. The van der Waals surface area contributed by atoms with Gasteiger partial charge in [-0.1, -0.05) is 43.1 Å².